The molecule has 5 nitrogen and oxygen atoms in total. The van der Waals surface area contributed by atoms with Gasteiger partial charge in [-0.25, -0.2) is 4.98 Å². The Morgan fingerprint density at radius 1 is 0.966 bits per heavy atom. The molecule has 3 aromatic carbocycles. The Labute approximate surface area is 189 Å². The van der Waals surface area contributed by atoms with Crippen molar-refractivity contribution in [2.45, 2.75) is 0 Å². The normalized spacial score (nSPS) is 10.9. The highest BCUT2D eigenvalue weighted by molar-refractivity contribution is 9.10. The maximum atomic E-state index is 12.5. The maximum Gasteiger partial charge on any atom is 0.255 e. The van der Waals surface area contributed by atoms with Crippen LogP contribution in [0.4, 0.5) is 17.3 Å². The van der Waals surface area contributed by atoms with E-state index in [1.165, 1.54) is 0 Å². The van der Waals surface area contributed by atoms with Crippen molar-refractivity contribution >= 4 is 85.0 Å². The van der Waals surface area contributed by atoms with Crippen LogP contribution < -0.4 is 10.6 Å². The summed E-state index contributed by atoms with van der Waals surface area (Å²) in [6.07, 6.45) is 0. The molecule has 29 heavy (non-hydrogen) atoms. The van der Waals surface area contributed by atoms with Gasteiger partial charge in [0.15, 0.2) is 0 Å². The smallest absolute Gasteiger partial charge is 0.255 e. The first kappa shape index (κ1) is 20.0. The molecule has 3 N–H and O–H groups in total. The van der Waals surface area contributed by atoms with Gasteiger partial charge in [-0.05, 0) is 54.6 Å². The number of amides is 1. The number of halogens is 4. The Morgan fingerprint density at radius 3 is 2.34 bits per heavy atom. The van der Waals surface area contributed by atoms with Crippen molar-refractivity contribution in [2.24, 2.45) is 0 Å². The number of anilines is 3. The molecular weight excluding hydrogens is 499 g/mol. The van der Waals surface area contributed by atoms with Crippen LogP contribution in [-0.4, -0.2) is 15.9 Å². The number of carbonyl (C=O) groups is 1. The number of carbonyl (C=O) groups excluding carboxylic acids is 1. The summed E-state index contributed by atoms with van der Waals surface area (Å²) in [6.45, 7) is 0. The van der Waals surface area contributed by atoms with Crippen LogP contribution in [0.5, 0.6) is 0 Å². The monoisotopic (exact) mass is 508 g/mol. The average Bonchev–Trinajstić information content (AvgIpc) is 3.08. The minimum absolute atomic E-state index is 0.226. The average molecular weight is 511 g/mol. The Hall–Kier alpha value is -2.25. The first-order valence-electron chi connectivity index (χ1n) is 8.37. The van der Waals surface area contributed by atoms with E-state index >= 15 is 0 Å². The number of benzene rings is 3. The van der Waals surface area contributed by atoms with Gasteiger partial charge in [0.1, 0.15) is 0 Å². The van der Waals surface area contributed by atoms with Crippen molar-refractivity contribution in [3.8, 4) is 0 Å². The van der Waals surface area contributed by atoms with Gasteiger partial charge in [-0.15, -0.1) is 0 Å². The molecule has 1 heterocycles. The van der Waals surface area contributed by atoms with Crippen molar-refractivity contribution in [1.82, 2.24) is 9.97 Å². The zero-order valence-electron chi connectivity index (χ0n) is 14.6. The topological polar surface area (TPSA) is 69.8 Å². The Morgan fingerprint density at radius 2 is 1.66 bits per heavy atom. The zero-order valence-corrected chi connectivity index (χ0v) is 18.4. The van der Waals surface area contributed by atoms with E-state index < -0.39 is 0 Å². The number of imidazole rings is 1. The van der Waals surface area contributed by atoms with Gasteiger partial charge in [0, 0.05) is 20.7 Å². The van der Waals surface area contributed by atoms with Gasteiger partial charge in [0.25, 0.3) is 5.91 Å². The Balaban J connectivity index is 1.58. The second kappa shape index (κ2) is 8.24. The van der Waals surface area contributed by atoms with E-state index in [0.717, 1.165) is 9.99 Å². The lowest BCUT2D eigenvalue weighted by Gasteiger charge is -2.08. The highest BCUT2D eigenvalue weighted by Crippen LogP contribution is 2.35. The second-order valence-corrected chi connectivity index (χ2v) is 8.31. The molecule has 1 amide bonds. The standard InChI is InChI=1S/C20H12BrCl3N4O/c21-11-2-4-13(5-3-11)25-19(29)10-1-6-16-17(7-10)27-20(26-16)28-18-14(23)8-12(22)9-15(18)24/h1-9H,(H,25,29)(H2,26,27,28). The van der Waals surface area contributed by atoms with Crippen LogP contribution in [0.15, 0.2) is 59.1 Å². The van der Waals surface area contributed by atoms with Crippen LogP contribution in [-0.2, 0) is 0 Å². The maximum absolute atomic E-state index is 12.5. The van der Waals surface area contributed by atoms with Crippen LogP contribution in [0.2, 0.25) is 15.1 Å². The van der Waals surface area contributed by atoms with Crippen LogP contribution in [0.25, 0.3) is 11.0 Å². The quantitative estimate of drug-likeness (QED) is 0.270. The van der Waals surface area contributed by atoms with E-state index in [4.69, 9.17) is 34.8 Å². The highest BCUT2D eigenvalue weighted by atomic mass is 79.9. The Kier molecular flexibility index (Phi) is 5.69. The van der Waals surface area contributed by atoms with Crippen molar-refractivity contribution in [1.29, 1.82) is 0 Å². The summed E-state index contributed by atoms with van der Waals surface area (Å²) in [5, 5.41) is 7.10. The third-order valence-electron chi connectivity index (χ3n) is 4.10. The molecule has 0 aliphatic rings. The molecule has 4 rings (SSSR count). The molecule has 0 fully saturated rings. The van der Waals surface area contributed by atoms with Gasteiger partial charge < -0.3 is 15.6 Å². The molecule has 0 spiro atoms. The van der Waals surface area contributed by atoms with Gasteiger partial charge in [-0.3, -0.25) is 4.79 Å². The zero-order chi connectivity index (χ0) is 20.5. The van der Waals surface area contributed by atoms with Crippen molar-refractivity contribution < 1.29 is 4.79 Å². The first-order valence-corrected chi connectivity index (χ1v) is 10.3. The van der Waals surface area contributed by atoms with Crippen LogP contribution in [0, 0.1) is 0 Å². The fraction of sp³-hybridized carbons (Fsp3) is 0. The Bertz CT molecular complexity index is 1200. The lowest BCUT2D eigenvalue weighted by molar-refractivity contribution is 0.102. The van der Waals surface area contributed by atoms with Crippen LogP contribution in [0.3, 0.4) is 0 Å². The molecule has 0 atom stereocenters. The lowest BCUT2D eigenvalue weighted by atomic mass is 10.2. The van der Waals surface area contributed by atoms with Crippen molar-refractivity contribution in [2.75, 3.05) is 10.6 Å². The summed E-state index contributed by atoms with van der Waals surface area (Å²) in [5.41, 5.74) is 3.06. The first-order chi connectivity index (χ1) is 13.9. The number of nitrogens with one attached hydrogen (secondary N) is 3. The number of aromatic amines is 1. The molecule has 146 valence electrons. The van der Waals surface area contributed by atoms with Crippen molar-refractivity contribution in [3.05, 3.63) is 79.7 Å². The summed E-state index contributed by atoms with van der Waals surface area (Å²) >= 11 is 21.7. The number of aromatic nitrogens is 2. The molecule has 0 aliphatic heterocycles. The van der Waals surface area contributed by atoms with Gasteiger partial charge >= 0.3 is 0 Å². The molecule has 1 aromatic heterocycles. The molecule has 0 saturated heterocycles. The largest absolute Gasteiger partial charge is 0.324 e. The number of hydrogen-bond donors (Lipinski definition) is 3. The van der Waals surface area contributed by atoms with E-state index in [-0.39, 0.29) is 5.91 Å². The summed E-state index contributed by atoms with van der Waals surface area (Å²) in [6, 6.07) is 15.7. The lowest BCUT2D eigenvalue weighted by Crippen LogP contribution is -2.11. The summed E-state index contributed by atoms with van der Waals surface area (Å²) in [7, 11) is 0. The number of rotatable bonds is 4. The molecule has 0 radical (unpaired) electrons. The van der Waals surface area contributed by atoms with E-state index in [0.29, 0.717) is 43.5 Å². The van der Waals surface area contributed by atoms with E-state index in [1.807, 2.05) is 24.3 Å². The fourth-order valence-corrected chi connectivity index (χ4v) is 3.90. The van der Waals surface area contributed by atoms with Crippen molar-refractivity contribution in [3.63, 3.8) is 0 Å². The van der Waals surface area contributed by atoms with Gasteiger partial charge in [0.2, 0.25) is 5.95 Å². The second-order valence-electron chi connectivity index (χ2n) is 6.15. The molecule has 0 bridgehead atoms. The third kappa shape index (κ3) is 4.51. The fourth-order valence-electron chi connectivity index (χ4n) is 2.72. The molecule has 9 heteroatoms. The van der Waals surface area contributed by atoms with E-state index in [9.17, 15) is 4.79 Å². The van der Waals surface area contributed by atoms with Crippen LogP contribution in [0.1, 0.15) is 10.4 Å². The predicted octanol–water partition coefficient (Wildman–Crippen LogP) is 7.28. The predicted molar refractivity (Wildman–Crippen MR) is 123 cm³/mol. The minimum atomic E-state index is -0.226. The molecule has 0 unspecified atom stereocenters. The third-order valence-corrected chi connectivity index (χ3v) is 5.44. The minimum Gasteiger partial charge on any atom is -0.324 e. The number of nitrogens with zero attached hydrogens (tertiary/aromatic N) is 1. The molecular formula is C20H12BrCl3N4O. The summed E-state index contributed by atoms with van der Waals surface area (Å²) in [4.78, 5) is 20.1. The number of fused-ring (bicyclic) bond motifs is 1. The molecule has 0 aliphatic carbocycles. The van der Waals surface area contributed by atoms with Gasteiger partial charge in [0.05, 0.1) is 26.8 Å². The SMILES string of the molecule is O=C(Nc1ccc(Br)cc1)c1ccc2[nH]c(Nc3c(Cl)cc(Cl)cc3Cl)nc2c1. The van der Waals surface area contributed by atoms with Crippen LogP contribution >= 0.6 is 50.7 Å². The molecule has 0 saturated carbocycles. The van der Waals surface area contributed by atoms with Gasteiger partial charge in [-0.2, -0.15) is 0 Å². The van der Waals surface area contributed by atoms with E-state index in [1.54, 1.807) is 30.3 Å². The van der Waals surface area contributed by atoms with E-state index in [2.05, 4.69) is 36.5 Å². The summed E-state index contributed by atoms with van der Waals surface area (Å²) < 4.78 is 0.939. The number of H-pyrrole nitrogens is 1. The molecule has 4 aromatic rings. The number of hydrogen-bond acceptors (Lipinski definition) is 3. The summed E-state index contributed by atoms with van der Waals surface area (Å²) in [5.74, 6) is 0.215. The van der Waals surface area contributed by atoms with Gasteiger partial charge in [-0.1, -0.05) is 50.7 Å². The highest BCUT2D eigenvalue weighted by Gasteiger charge is 2.13.